The van der Waals surface area contributed by atoms with Gasteiger partial charge in [-0.25, -0.2) is 4.79 Å². The van der Waals surface area contributed by atoms with Gasteiger partial charge in [-0.1, -0.05) is 6.08 Å². The first-order valence-corrected chi connectivity index (χ1v) is 8.36. The van der Waals surface area contributed by atoms with Crippen LogP contribution >= 0.6 is 0 Å². The summed E-state index contributed by atoms with van der Waals surface area (Å²) in [6.45, 7) is 16.4. The third-order valence-electron chi connectivity index (χ3n) is 4.80. The lowest BCUT2D eigenvalue weighted by Crippen LogP contribution is -2.45. The predicted molar refractivity (Wildman–Crippen MR) is 91.2 cm³/mol. The number of carbonyl (C=O) groups is 1. The van der Waals surface area contributed by atoms with E-state index in [0.717, 1.165) is 11.9 Å². The Morgan fingerprint density at radius 1 is 1.26 bits per heavy atom. The number of carbonyl (C=O) groups excluding carboxylic acids is 1. The van der Waals surface area contributed by atoms with Crippen LogP contribution in [0.3, 0.4) is 0 Å². The van der Waals surface area contributed by atoms with Gasteiger partial charge in [-0.05, 0) is 67.3 Å². The lowest BCUT2D eigenvalue weighted by atomic mass is 9.73. The molecule has 0 N–H and O–H groups in total. The normalized spacial score (nSPS) is 27.0. The van der Waals surface area contributed by atoms with Gasteiger partial charge in [0.2, 0.25) is 0 Å². The fourth-order valence-corrected chi connectivity index (χ4v) is 2.69. The molecule has 2 heterocycles. The zero-order valence-corrected chi connectivity index (χ0v) is 15.7. The molecular weight excluding hydrogens is 293 g/mol. The molecule has 2 aliphatic rings. The molecule has 2 rings (SSSR count). The van der Waals surface area contributed by atoms with Gasteiger partial charge in [0.25, 0.3) is 0 Å². The van der Waals surface area contributed by atoms with Crippen LogP contribution in [0.25, 0.3) is 0 Å². The van der Waals surface area contributed by atoms with E-state index in [-0.39, 0.29) is 30.5 Å². The van der Waals surface area contributed by atoms with Crippen LogP contribution in [0.5, 0.6) is 0 Å². The zero-order chi connectivity index (χ0) is 17.6. The summed E-state index contributed by atoms with van der Waals surface area (Å²) in [5.41, 5.74) is -0.0587. The van der Waals surface area contributed by atoms with Crippen LogP contribution in [0.4, 0.5) is 4.79 Å². The summed E-state index contributed by atoms with van der Waals surface area (Å²) in [6, 6.07) is 0.0591. The molecule has 0 unspecified atom stereocenters. The molecule has 0 spiro atoms. The molecule has 130 valence electrons. The number of nitrogens with zero attached hydrogens (tertiary/aromatic N) is 1. The summed E-state index contributed by atoms with van der Waals surface area (Å²) in [4.78, 5) is 14.0. The van der Waals surface area contributed by atoms with Gasteiger partial charge in [0.05, 0.1) is 11.2 Å². The maximum atomic E-state index is 12.3. The van der Waals surface area contributed by atoms with Gasteiger partial charge in [-0.2, -0.15) is 0 Å². The van der Waals surface area contributed by atoms with Gasteiger partial charge in [0.1, 0.15) is 5.60 Å². The minimum atomic E-state index is -0.480. The van der Waals surface area contributed by atoms with Crippen molar-refractivity contribution in [1.82, 2.24) is 4.90 Å². The van der Waals surface area contributed by atoms with Crippen molar-refractivity contribution in [2.45, 2.75) is 84.7 Å². The molecule has 23 heavy (non-hydrogen) atoms. The number of amides is 1. The Morgan fingerprint density at radius 3 is 2.22 bits per heavy atom. The van der Waals surface area contributed by atoms with Crippen molar-refractivity contribution in [2.75, 3.05) is 6.54 Å². The molecule has 0 bridgehead atoms. The molecule has 0 radical (unpaired) electrons. The molecule has 0 aromatic rings. The molecule has 5 nitrogen and oxygen atoms in total. The Labute approximate surface area is 140 Å². The lowest BCUT2D eigenvalue weighted by Gasteiger charge is -2.34. The molecule has 2 aliphatic heterocycles. The highest BCUT2D eigenvalue weighted by Gasteiger charge is 2.52. The van der Waals surface area contributed by atoms with Gasteiger partial charge in [0.15, 0.2) is 0 Å². The van der Waals surface area contributed by atoms with Crippen LogP contribution in [0, 0.1) is 0 Å². The van der Waals surface area contributed by atoms with E-state index in [1.807, 2.05) is 61.5 Å². The van der Waals surface area contributed by atoms with E-state index in [2.05, 4.69) is 0 Å². The molecule has 1 saturated heterocycles. The van der Waals surface area contributed by atoms with Crippen LogP contribution in [-0.4, -0.2) is 47.5 Å². The highest BCUT2D eigenvalue weighted by atomic mass is 16.7. The second-order valence-corrected chi connectivity index (χ2v) is 8.55. The second kappa shape index (κ2) is 5.81. The number of ether oxygens (including phenoxy) is 1. The molecular formula is C17H30BNO4. The van der Waals surface area contributed by atoms with Crippen LogP contribution in [0.1, 0.15) is 61.8 Å². The first-order chi connectivity index (χ1) is 10.3. The number of hydrogen-bond donors (Lipinski definition) is 0. The Bertz CT molecular complexity index is 491. The average molecular weight is 323 g/mol. The molecule has 0 aromatic carbocycles. The topological polar surface area (TPSA) is 48.0 Å². The van der Waals surface area contributed by atoms with E-state index in [1.54, 1.807) is 4.90 Å². The fourth-order valence-electron chi connectivity index (χ4n) is 2.69. The minimum absolute atomic E-state index is 0.0591. The Hall–Kier alpha value is -1.01. The van der Waals surface area contributed by atoms with Crippen molar-refractivity contribution in [2.24, 2.45) is 0 Å². The van der Waals surface area contributed by atoms with Crippen LogP contribution < -0.4 is 0 Å². The molecule has 1 fully saturated rings. The Morgan fingerprint density at radius 2 is 1.78 bits per heavy atom. The quantitative estimate of drug-likeness (QED) is 0.692. The van der Waals surface area contributed by atoms with Crippen molar-refractivity contribution in [1.29, 1.82) is 0 Å². The first-order valence-electron chi connectivity index (χ1n) is 8.36. The van der Waals surface area contributed by atoms with E-state index in [0.29, 0.717) is 6.54 Å². The van der Waals surface area contributed by atoms with E-state index in [1.165, 1.54) is 0 Å². The Kier molecular flexibility index (Phi) is 4.64. The second-order valence-electron chi connectivity index (χ2n) is 8.55. The molecule has 0 aliphatic carbocycles. The first kappa shape index (κ1) is 18.3. The van der Waals surface area contributed by atoms with Crippen LogP contribution in [0.15, 0.2) is 11.5 Å². The van der Waals surface area contributed by atoms with Crippen LogP contribution in [0.2, 0.25) is 0 Å². The average Bonchev–Trinajstić information content (AvgIpc) is 2.56. The SMILES string of the molecule is C[C@@H]1CC(B2OC(C)(C)C(C)(C)O2)=CCN1C(=O)OC(C)(C)C. The van der Waals surface area contributed by atoms with Gasteiger partial charge >= 0.3 is 13.2 Å². The third-order valence-corrected chi connectivity index (χ3v) is 4.80. The Balaban J connectivity index is 2.05. The molecule has 1 amide bonds. The fraction of sp³-hybridized carbons (Fsp3) is 0.824. The highest BCUT2D eigenvalue weighted by Crippen LogP contribution is 2.40. The maximum Gasteiger partial charge on any atom is 0.490 e. The molecule has 1 atom stereocenters. The zero-order valence-electron chi connectivity index (χ0n) is 15.7. The van der Waals surface area contributed by atoms with Crippen molar-refractivity contribution < 1.29 is 18.8 Å². The van der Waals surface area contributed by atoms with Gasteiger partial charge in [-0.3, -0.25) is 0 Å². The lowest BCUT2D eigenvalue weighted by molar-refractivity contribution is 0.00578. The monoisotopic (exact) mass is 323 g/mol. The van der Waals surface area contributed by atoms with E-state index in [9.17, 15) is 4.79 Å². The maximum absolute atomic E-state index is 12.3. The summed E-state index contributed by atoms with van der Waals surface area (Å²) in [5.74, 6) is 0. The smallest absolute Gasteiger partial charge is 0.444 e. The van der Waals surface area contributed by atoms with Gasteiger partial charge < -0.3 is 18.9 Å². The van der Waals surface area contributed by atoms with Crippen molar-refractivity contribution in [3.63, 3.8) is 0 Å². The third kappa shape index (κ3) is 3.91. The summed E-state index contributed by atoms with van der Waals surface area (Å²) < 4.78 is 17.7. The van der Waals surface area contributed by atoms with E-state index < -0.39 is 5.60 Å². The number of rotatable bonds is 1. The van der Waals surface area contributed by atoms with Crippen molar-refractivity contribution in [3.05, 3.63) is 11.5 Å². The van der Waals surface area contributed by atoms with E-state index >= 15 is 0 Å². The van der Waals surface area contributed by atoms with Gasteiger partial charge in [0, 0.05) is 12.6 Å². The molecule has 0 saturated carbocycles. The summed E-state index contributed by atoms with van der Waals surface area (Å²) >= 11 is 0. The minimum Gasteiger partial charge on any atom is -0.444 e. The molecule has 0 aromatic heterocycles. The highest BCUT2D eigenvalue weighted by molar-refractivity contribution is 6.54. The largest absolute Gasteiger partial charge is 0.490 e. The van der Waals surface area contributed by atoms with Crippen molar-refractivity contribution in [3.8, 4) is 0 Å². The summed E-state index contributed by atoms with van der Waals surface area (Å²) in [7, 11) is -0.330. The molecule has 6 heteroatoms. The van der Waals surface area contributed by atoms with Gasteiger partial charge in [-0.15, -0.1) is 0 Å². The predicted octanol–water partition coefficient (Wildman–Crippen LogP) is 3.57. The number of hydrogen-bond acceptors (Lipinski definition) is 4. The van der Waals surface area contributed by atoms with E-state index in [4.69, 9.17) is 14.0 Å². The summed E-state index contributed by atoms with van der Waals surface area (Å²) in [5, 5.41) is 0. The van der Waals surface area contributed by atoms with Crippen molar-refractivity contribution >= 4 is 13.2 Å². The standard InChI is InChI=1S/C17H30BNO4/c1-12-11-13(18-22-16(5,6)17(7,8)23-18)9-10-19(12)14(20)21-15(2,3)4/h9,12H,10-11H2,1-8H3/t12-/m1/s1. The van der Waals surface area contributed by atoms with Crippen LogP contribution in [-0.2, 0) is 14.0 Å². The summed E-state index contributed by atoms with van der Waals surface area (Å²) in [6.07, 6.45) is 2.50.